The summed E-state index contributed by atoms with van der Waals surface area (Å²) >= 11 is 0. The van der Waals surface area contributed by atoms with Crippen LogP contribution in [0.2, 0.25) is 0 Å². The first kappa shape index (κ1) is 18.3. The number of carbonyl (C=O) groups is 1. The molecule has 0 unspecified atom stereocenters. The summed E-state index contributed by atoms with van der Waals surface area (Å²) < 4.78 is 12.7. The van der Waals surface area contributed by atoms with E-state index in [4.69, 9.17) is 9.47 Å². The van der Waals surface area contributed by atoms with E-state index in [0.29, 0.717) is 6.61 Å². The van der Waals surface area contributed by atoms with Crippen molar-refractivity contribution in [2.45, 2.75) is 57.5 Å². The highest BCUT2D eigenvalue weighted by atomic mass is 16.7. The summed E-state index contributed by atoms with van der Waals surface area (Å²) in [5, 5.41) is 0. The molecule has 0 aromatic heterocycles. The van der Waals surface area contributed by atoms with Gasteiger partial charge in [0, 0.05) is 76.3 Å². The molecule has 1 aromatic rings. The van der Waals surface area contributed by atoms with Crippen LogP contribution >= 0.6 is 0 Å². The summed E-state index contributed by atoms with van der Waals surface area (Å²) in [6, 6.07) is 7.28. The molecule has 3 fully saturated rings. The Morgan fingerprint density at radius 3 is 2.46 bits per heavy atom. The number of rotatable bonds is 2. The lowest BCUT2D eigenvalue weighted by Gasteiger charge is -2.47. The number of piperidine rings is 1. The molecular weight excluding hydrogens is 354 g/mol. The molecule has 5 rings (SSSR count). The molecule has 1 aliphatic carbocycles. The third kappa shape index (κ3) is 3.37. The fourth-order valence-electron chi connectivity index (χ4n) is 4.92. The van der Waals surface area contributed by atoms with E-state index in [1.54, 1.807) is 6.92 Å². The van der Waals surface area contributed by atoms with Crippen LogP contribution in [0.1, 0.15) is 44.6 Å². The molecule has 0 radical (unpaired) electrons. The van der Waals surface area contributed by atoms with Crippen molar-refractivity contribution in [1.29, 1.82) is 0 Å². The maximum absolute atomic E-state index is 11.5. The first-order chi connectivity index (χ1) is 13.6. The van der Waals surface area contributed by atoms with Crippen LogP contribution in [-0.4, -0.2) is 66.8 Å². The van der Waals surface area contributed by atoms with Crippen LogP contribution < -0.4 is 9.64 Å². The van der Waals surface area contributed by atoms with Crippen molar-refractivity contribution in [2.75, 3.05) is 44.2 Å². The van der Waals surface area contributed by atoms with Crippen molar-refractivity contribution < 1.29 is 14.3 Å². The average Bonchev–Trinajstić information content (AvgIpc) is 2.68. The summed E-state index contributed by atoms with van der Waals surface area (Å²) in [6.45, 7) is 7.77. The van der Waals surface area contributed by atoms with Gasteiger partial charge in [-0.15, -0.1) is 0 Å². The van der Waals surface area contributed by atoms with Gasteiger partial charge in [0.15, 0.2) is 0 Å². The molecule has 1 aromatic carbocycles. The van der Waals surface area contributed by atoms with Crippen LogP contribution in [-0.2, 0) is 16.1 Å². The number of hydrogen-bond acceptors (Lipinski definition) is 5. The van der Waals surface area contributed by atoms with E-state index in [1.165, 1.54) is 24.9 Å². The highest BCUT2D eigenvalue weighted by Crippen LogP contribution is 2.40. The number of nitrogens with zero attached hydrogens (tertiary/aromatic N) is 3. The standard InChI is InChI=1S/C22H31N3O3/c1-17(26)23-11-13-25(14-12-23)20-5-6-21-18(15-20)16-27-22(28-21)7-9-24(10-8-22)19-3-2-4-19/h5-6,15,19H,2-4,7-14,16H2,1H3. The van der Waals surface area contributed by atoms with Crippen LogP contribution in [0.4, 0.5) is 5.69 Å². The maximum atomic E-state index is 11.5. The Hall–Kier alpha value is -1.79. The third-order valence-corrected chi connectivity index (χ3v) is 7.07. The number of fused-ring (bicyclic) bond motifs is 1. The van der Waals surface area contributed by atoms with Gasteiger partial charge in [-0.3, -0.25) is 9.69 Å². The molecule has 4 aliphatic rings. The number of hydrogen-bond donors (Lipinski definition) is 0. The molecule has 0 bridgehead atoms. The van der Waals surface area contributed by atoms with Gasteiger partial charge in [-0.1, -0.05) is 6.42 Å². The molecular formula is C22H31N3O3. The predicted octanol–water partition coefficient (Wildman–Crippen LogP) is 2.61. The van der Waals surface area contributed by atoms with E-state index in [9.17, 15) is 4.79 Å². The monoisotopic (exact) mass is 385 g/mol. The number of likely N-dealkylation sites (tertiary alicyclic amines) is 1. The van der Waals surface area contributed by atoms with E-state index < -0.39 is 5.79 Å². The van der Waals surface area contributed by atoms with Crippen molar-refractivity contribution in [2.24, 2.45) is 0 Å². The van der Waals surface area contributed by atoms with E-state index >= 15 is 0 Å². The van der Waals surface area contributed by atoms with Crippen LogP contribution in [0.5, 0.6) is 5.75 Å². The minimum Gasteiger partial charge on any atom is -0.462 e. The predicted molar refractivity (Wildman–Crippen MR) is 108 cm³/mol. The highest BCUT2D eigenvalue weighted by molar-refractivity contribution is 5.73. The van der Waals surface area contributed by atoms with Crippen molar-refractivity contribution in [3.8, 4) is 5.75 Å². The van der Waals surface area contributed by atoms with E-state index in [1.807, 2.05) is 4.90 Å². The molecule has 6 heteroatoms. The molecule has 1 saturated carbocycles. The Balaban J connectivity index is 1.22. The van der Waals surface area contributed by atoms with E-state index in [-0.39, 0.29) is 5.91 Å². The van der Waals surface area contributed by atoms with Gasteiger partial charge in [0.2, 0.25) is 11.7 Å². The first-order valence-electron chi connectivity index (χ1n) is 10.8. The van der Waals surface area contributed by atoms with Crippen molar-refractivity contribution in [3.05, 3.63) is 23.8 Å². The topological polar surface area (TPSA) is 45.2 Å². The SMILES string of the molecule is CC(=O)N1CCN(c2ccc3c(c2)COC2(CCN(C4CCC4)CC2)O3)CC1. The van der Waals surface area contributed by atoms with Crippen LogP contribution in [0.25, 0.3) is 0 Å². The zero-order valence-electron chi connectivity index (χ0n) is 16.9. The van der Waals surface area contributed by atoms with Crippen LogP contribution in [0.15, 0.2) is 18.2 Å². The zero-order valence-corrected chi connectivity index (χ0v) is 16.9. The lowest BCUT2D eigenvalue weighted by Crippen LogP contribution is -2.54. The Kier molecular flexibility index (Phi) is 4.71. The maximum Gasteiger partial charge on any atom is 0.219 e. The van der Waals surface area contributed by atoms with Crippen molar-refractivity contribution in [3.63, 3.8) is 0 Å². The number of carbonyl (C=O) groups excluding carboxylic acids is 1. The Morgan fingerprint density at radius 1 is 1.07 bits per heavy atom. The normalized spacial score (nSPS) is 25.2. The van der Waals surface area contributed by atoms with E-state index in [0.717, 1.165) is 69.5 Å². The molecule has 28 heavy (non-hydrogen) atoms. The number of piperazine rings is 1. The second-order valence-corrected chi connectivity index (χ2v) is 8.71. The van der Waals surface area contributed by atoms with Crippen LogP contribution in [0.3, 0.4) is 0 Å². The highest BCUT2D eigenvalue weighted by Gasteiger charge is 2.42. The second-order valence-electron chi connectivity index (χ2n) is 8.71. The van der Waals surface area contributed by atoms with Gasteiger partial charge < -0.3 is 19.3 Å². The van der Waals surface area contributed by atoms with Gasteiger partial charge in [-0.2, -0.15) is 0 Å². The molecule has 3 aliphatic heterocycles. The van der Waals surface area contributed by atoms with Gasteiger partial charge >= 0.3 is 0 Å². The molecule has 2 saturated heterocycles. The Bertz CT molecular complexity index is 733. The Morgan fingerprint density at radius 2 is 1.82 bits per heavy atom. The van der Waals surface area contributed by atoms with Crippen molar-refractivity contribution in [1.82, 2.24) is 9.80 Å². The van der Waals surface area contributed by atoms with Crippen molar-refractivity contribution >= 4 is 11.6 Å². The third-order valence-electron chi connectivity index (χ3n) is 7.07. The molecule has 3 heterocycles. The molecule has 0 atom stereocenters. The Labute approximate surface area is 167 Å². The first-order valence-corrected chi connectivity index (χ1v) is 10.8. The molecule has 1 spiro atoms. The van der Waals surface area contributed by atoms with Gasteiger partial charge in [-0.05, 0) is 31.0 Å². The largest absolute Gasteiger partial charge is 0.462 e. The van der Waals surface area contributed by atoms with Gasteiger partial charge in [0.25, 0.3) is 0 Å². The quantitative estimate of drug-likeness (QED) is 0.783. The molecule has 152 valence electrons. The number of benzene rings is 1. The number of anilines is 1. The van der Waals surface area contributed by atoms with Crippen LogP contribution in [0, 0.1) is 0 Å². The molecule has 0 N–H and O–H groups in total. The van der Waals surface area contributed by atoms with Gasteiger partial charge in [-0.25, -0.2) is 0 Å². The minimum atomic E-state index is -0.429. The molecule has 1 amide bonds. The summed E-state index contributed by atoms with van der Waals surface area (Å²) in [4.78, 5) is 18.4. The fraction of sp³-hybridized carbons (Fsp3) is 0.682. The molecule has 6 nitrogen and oxygen atoms in total. The average molecular weight is 386 g/mol. The second kappa shape index (κ2) is 7.23. The summed E-state index contributed by atoms with van der Waals surface area (Å²) in [7, 11) is 0. The fourth-order valence-corrected chi connectivity index (χ4v) is 4.92. The zero-order chi connectivity index (χ0) is 19.1. The smallest absolute Gasteiger partial charge is 0.219 e. The lowest BCUT2D eigenvalue weighted by atomic mass is 9.89. The summed E-state index contributed by atoms with van der Waals surface area (Å²) in [6.07, 6.45) is 6.02. The van der Waals surface area contributed by atoms with Gasteiger partial charge in [0.1, 0.15) is 5.75 Å². The summed E-state index contributed by atoms with van der Waals surface area (Å²) in [5.74, 6) is 0.719. The van der Waals surface area contributed by atoms with Gasteiger partial charge in [0.05, 0.1) is 6.61 Å². The minimum absolute atomic E-state index is 0.167. The number of ether oxygens (including phenoxy) is 2. The summed E-state index contributed by atoms with van der Waals surface area (Å²) in [5.41, 5.74) is 2.34. The number of amides is 1. The van der Waals surface area contributed by atoms with E-state index in [2.05, 4.69) is 28.0 Å². The lowest BCUT2D eigenvalue weighted by molar-refractivity contribution is -0.231.